The van der Waals surface area contributed by atoms with Crippen LogP contribution in [0.2, 0.25) is 0 Å². The smallest absolute Gasteiger partial charge is 0.270 e. The Morgan fingerprint density at radius 1 is 1.16 bits per heavy atom. The summed E-state index contributed by atoms with van der Waals surface area (Å²) in [6.45, 7) is 2.80. The van der Waals surface area contributed by atoms with Crippen LogP contribution in [0, 0.1) is 10.1 Å². The van der Waals surface area contributed by atoms with Crippen molar-refractivity contribution in [2.75, 3.05) is 26.2 Å². The number of benzene rings is 1. The van der Waals surface area contributed by atoms with Crippen LogP contribution in [0.3, 0.4) is 0 Å². The van der Waals surface area contributed by atoms with Gasteiger partial charge in [0.15, 0.2) is 0 Å². The third-order valence-electron chi connectivity index (χ3n) is 4.01. The summed E-state index contributed by atoms with van der Waals surface area (Å²) in [5, 5.41) is 10.9. The molecule has 2 heterocycles. The molecule has 1 aliphatic rings. The summed E-state index contributed by atoms with van der Waals surface area (Å²) in [6.07, 6.45) is 0. The first kappa shape index (κ1) is 18.5. The maximum atomic E-state index is 12.7. The molecule has 1 saturated heterocycles. The third kappa shape index (κ3) is 4.26. The van der Waals surface area contributed by atoms with Gasteiger partial charge in [0.05, 0.1) is 13.6 Å². The van der Waals surface area contributed by atoms with Gasteiger partial charge in [-0.2, -0.15) is 4.31 Å². The Bertz CT molecular complexity index is 876. The van der Waals surface area contributed by atoms with Gasteiger partial charge in [-0.15, -0.1) is 11.3 Å². The molecule has 134 valence electrons. The molecule has 0 radical (unpaired) electrons. The molecule has 0 spiro atoms. The van der Waals surface area contributed by atoms with Crippen molar-refractivity contribution in [1.82, 2.24) is 9.21 Å². The van der Waals surface area contributed by atoms with E-state index in [1.807, 2.05) is 6.07 Å². The molecule has 7 nitrogen and oxygen atoms in total. The second kappa shape index (κ2) is 7.50. The van der Waals surface area contributed by atoms with E-state index >= 15 is 0 Å². The third-order valence-corrected chi connectivity index (χ3v) is 7.51. The number of thiophene rings is 1. The van der Waals surface area contributed by atoms with Crippen LogP contribution in [0.4, 0.5) is 5.69 Å². The number of hydrogen-bond acceptors (Lipinski definition) is 6. The molecule has 1 aromatic heterocycles. The average molecular weight is 446 g/mol. The zero-order valence-corrected chi connectivity index (χ0v) is 16.4. The molecule has 0 saturated carbocycles. The molecule has 0 atom stereocenters. The van der Waals surface area contributed by atoms with Crippen LogP contribution >= 0.6 is 27.3 Å². The Kier molecular flexibility index (Phi) is 5.54. The summed E-state index contributed by atoms with van der Waals surface area (Å²) >= 11 is 5.11. The minimum Gasteiger partial charge on any atom is -0.296 e. The Balaban J connectivity index is 1.67. The number of rotatable bonds is 5. The molecule has 0 amide bonds. The standard InChI is InChI=1S/C15H16BrN3O4S2/c16-15-5-4-13(24-15)11-17-6-8-18(9-7-17)25(22,23)14-3-1-2-12(10-14)19(20)21/h1-5,10H,6-9,11H2. The highest BCUT2D eigenvalue weighted by Crippen LogP contribution is 2.25. The van der Waals surface area contributed by atoms with E-state index in [4.69, 9.17) is 0 Å². The Hall–Kier alpha value is -1.33. The lowest BCUT2D eigenvalue weighted by molar-refractivity contribution is -0.385. The molecular formula is C15H16BrN3O4S2. The van der Waals surface area contributed by atoms with Crippen LogP contribution in [0.5, 0.6) is 0 Å². The fourth-order valence-corrected chi connectivity index (χ4v) is 5.68. The second-order valence-corrected chi connectivity index (χ2v) is 10.1. The molecular weight excluding hydrogens is 430 g/mol. The van der Waals surface area contributed by atoms with Crippen molar-refractivity contribution in [2.24, 2.45) is 0 Å². The molecule has 1 aromatic carbocycles. The monoisotopic (exact) mass is 445 g/mol. The van der Waals surface area contributed by atoms with Gasteiger partial charge in [0.2, 0.25) is 10.0 Å². The normalized spacial score (nSPS) is 16.8. The van der Waals surface area contributed by atoms with Gasteiger partial charge in [-0.3, -0.25) is 15.0 Å². The van der Waals surface area contributed by atoms with Crippen molar-refractivity contribution < 1.29 is 13.3 Å². The van der Waals surface area contributed by atoms with E-state index in [2.05, 4.69) is 26.9 Å². The van der Waals surface area contributed by atoms with Gasteiger partial charge in [-0.25, -0.2) is 8.42 Å². The van der Waals surface area contributed by atoms with Crippen molar-refractivity contribution >= 4 is 43.0 Å². The fourth-order valence-electron chi connectivity index (χ4n) is 2.69. The van der Waals surface area contributed by atoms with Crippen LogP contribution in [0.15, 0.2) is 45.1 Å². The fraction of sp³-hybridized carbons (Fsp3) is 0.333. The SMILES string of the molecule is O=[N+]([O-])c1cccc(S(=O)(=O)N2CCN(Cc3ccc(Br)s3)CC2)c1. The zero-order chi connectivity index (χ0) is 18.0. The molecule has 10 heteroatoms. The number of nitro groups is 1. The van der Waals surface area contributed by atoms with Gasteiger partial charge < -0.3 is 0 Å². The molecule has 0 N–H and O–H groups in total. The van der Waals surface area contributed by atoms with E-state index in [-0.39, 0.29) is 10.6 Å². The molecule has 3 rings (SSSR count). The number of nitrogens with zero attached hydrogens (tertiary/aromatic N) is 3. The van der Waals surface area contributed by atoms with Crippen LogP contribution in [-0.2, 0) is 16.6 Å². The minimum atomic E-state index is -3.71. The number of halogens is 1. The topological polar surface area (TPSA) is 83.8 Å². The lowest BCUT2D eigenvalue weighted by Gasteiger charge is -2.33. The van der Waals surface area contributed by atoms with E-state index < -0.39 is 14.9 Å². The van der Waals surface area contributed by atoms with E-state index in [0.717, 1.165) is 16.4 Å². The van der Waals surface area contributed by atoms with Crippen molar-refractivity contribution in [3.8, 4) is 0 Å². The summed E-state index contributed by atoms with van der Waals surface area (Å²) in [6, 6.07) is 9.26. The zero-order valence-electron chi connectivity index (χ0n) is 13.2. The van der Waals surface area contributed by atoms with Crippen LogP contribution in [-0.4, -0.2) is 48.7 Å². The minimum absolute atomic E-state index is 0.0302. The quantitative estimate of drug-likeness (QED) is 0.521. The van der Waals surface area contributed by atoms with Gasteiger partial charge in [0, 0.05) is 49.7 Å². The van der Waals surface area contributed by atoms with Gasteiger partial charge in [0.25, 0.3) is 5.69 Å². The highest BCUT2D eigenvalue weighted by Gasteiger charge is 2.29. The second-order valence-electron chi connectivity index (χ2n) is 5.64. The van der Waals surface area contributed by atoms with Crippen LogP contribution in [0.25, 0.3) is 0 Å². The summed E-state index contributed by atoms with van der Waals surface area (Å²) in [4.78, 5) is 13.7. The lowest BCUT2D eigenvalue weighted by atomic mass is 10.3. The largest absolute Gasteiger partial charge is 0.296 e. The molecule has 0 bridgehead atoms. The first-order chi connectivity index (χ1) is 11.9. The van der Waals surface area contributed by atoms with Gasteiger partial charge in [-0.1, -0.05) is 6.07 Å². The number of nitro benzene ring substituents is 1. The highest BCUT2D eigenvalue weighted by atomic mass is 79.9. The average Bonchev–Trinajstić information content (AvgIpc) is 3.00. The van der Waals surface area contributed by atoms with Gasteiger partial charge in [0.1, 0.15) is 0 Å². The van der Waals surface area contributed by atoms with Crippen molar-refractivity contribution in [1.29, 1.82) is 0 Å². The number of non-ortho nitro benzene ring substituents is 1. The predicted molar refractivity (Wildman–Crippen MR) is 99.2 cm³/mol. The molecule has 1 fully saturated rings. The number of hydrogen-bond donors (Lipinski definition) is 0. The maximum Gasteiger partial charge on any atom is 0.270 e. The van der Waals surface area contributed by atoms with Crippen molar-refractivity contribution in [3.05, 3.63) is 55.2 Å². The van der Waals surface area contributed by atoms with E-state index in [1.54, 1.807) is 11.3 Å². The number of piperazine rings is 1. The first-order valence-corrected chi connectivity index (χ1v) is 10.6. The van der Waals surface area contributed by atoms with Gasteiger partial charge >= 0.3 is 0 Å². The van der Waals surface area contributed by atoms with Gasteiger partial charge in [-0.05, 0) is 34.1 Å². The lowest BCUT2D eigenvalue weighted by Crippen LogP contribution is -2.48. The Labute approximate surface area is 158 Å². The number of sulfonamides is 1. The highest BCUT2D eigenvalue weighted by molar-refractivity contribution is 9.11. The molecule has 2 aromatic rings. The Morgan fingerprint density at radius 3 is 2.48 bits per heavy atom. The summed E-state index contributed by atoms with van der Waals surface area (Å²) in [7, 11) is -3.71. The first-order valence-electron chi connectivity index (χ1n) is 7.57. The van der Waals surface area contributed by atoms with E-state index in [9.17, 15) is 18.5 Å². The molecule has 0 unspecified atom stereocenters. The summed E-state index contributed by atoms with van der Waals surface area (Å²) < 4.78 is 27.9. The van der Waals surface area contributed by atoms with Crippen LogP contribution < -0.4 is 0 Å². The summed E-state index contributed by atoms with van der Waals surface area (Å²) in [5.74, 6) is 0. The Morgan fingerprint density at radius 2 is 1.88 bits per heavy atom. The van der Waals surface area contributed by atoms with E-state index in [1.165, 1.54) is 27.4 Å². The molecule has 25 heavy (non-hydrogen) atoms. The molecule has 1 aliphatic heterocycles. The predicted octanol–water partition coefficient (Wildman–Crippen LogP) is 2.93. The maximum absolute atomic E-state index is 12.7. The molecule has 0 aliphatic carbocycles. The van der Waals surface area contributed by atoms with Crippen molar-refractivity contribution in [3.63, 3.8) is 0 Å². The van der Waals surface area contributed by atoms with Crippen molar-refractivity contribution in [2.45, 2.75) is 11.4 Å². The van der Waals surface area contributed by atoms with E-state index in [0.29, 0.717) is 26.2 Å². The summed E-state index contributed by atoms with van der Waals surface area (Å²) in [5.41, 5.74) is -0.219. The van der Waals surface area contributed by atoms with Crippen LogP contribution in [0.1, 0.15) is 4.88 Å².